The lowest BCUT2D eigenvalue weighted by molar-refractivity contribution is -0.137. The summed E-state index contributed by atoms with van der Waals surface area (Å²) in [7, 11) is 0. The van der Waals surface area contributed by atoms with Gasteiger partial charge >= 0.3 is 0 Å². The van der Waals surface area contributed by atoms with E-state index < -0.39 is 0 Å². The number of hydrogen-bond donors (Lipinski definition) is 0. The van der Waals surface area contributed by atoms with Crippen molar-refractivity contribution in [1.29, 1.82) is 0 Å². The molecule has 1 aliphatic rings. The first-order valence-corrected chi connectivity index (χ1v) is 5.98. The highest BCUT2D eigenvalue weighted by molar-refractivity contribution is 6.44. The molecule has 2 nitrogen and oxygen atoms in total. The summed E-state index contributed by atoms with van der Waals surface area (Å²) in [6, 6.07) is 0. The van der Waals surface area contributed by atoms with Crippen molar-refractivity contribution >= 4 is 11.6 Å². The quantitative estimate of drug-likeness (QED) is 0.651. The summed E-state index contributed by atoms with van der Waals surface area (Å²) in [6.07, 6.45) is 7.44. The Kier molecular flexibility index (Phi) is 4.73. The Morgan fingerprint density at radius 1 is 1.27 bits per heavy atom. The molecular weight excluding hydrogens is 188 g/mol. The van der Waals surface area contributed by atoms with Crippen LogP contribution >= 0.6 is 0 Å². The maximum Gasteiger partial charge on any atom is 0.224 e. The molecule has 0 amide bonds. The van der Waals surface area contributed by atoms with E-state index in [1.54, 1.807) is 0 Å². The van der Waals surface area contributed by atoms with Gasteiger partial charge in [0, 0.05) is 5.92 Å². The molecule has 0 fully saturated rings. The van der Waals surface area contributed by atoms with Crippen molar-refractivity contribution in [2.24, 2.45) is 5.92 Å². The molecule has 1 aliphatic carbocycles. The summed E-state index contributed by atoms with van der Waals surface area (Å²) >= 11 is 0. The van der Waals surface area contributed by atoms with Crippen molar-refractivity contribution in [3.63, 3.8) is 0 Å². The van der Waals surface area contributed by atoms with Crippen molar-refractivity contribution in [1.82, 2.24) is 0 Å². The lowest BCUT2D eigenvalue weighted by Gasteiger charge is -2.14. The third-order valence-electron chi connectivity index (χ3n) is 3.16. The second-order valence-electron chi connectivity index (χ2n) is 4.18. The van der Waals surface area contributed by atoms with Gasteiger partial charge in [-0.3, -0.25) is 9.59 Å². The minimum atomic E-state index is -0.219. The lowest BCUT2D eigenvalue weighted by Crippen LogP contribution is -2.25. The molecule has 0 heterocycles. The molecule has 0 atom stereocenters. The van der Waals surface area contributed by atoms with Crippen LogP contribution in [0.15, 0.2) is 11.6 Å². The third kappa shape index (κ3) is 3.01. The van der Waals surface area contributed by atoms with Crippen molar-refractivity contribution in [2.45, 2.75) is 52.4 Å². The summed E-state index contributed by atoms with van der Waals surface area (Å²) in [4.78, 5) is 23.7. The zero-order chi connectivity index (χ0) is 11.3. The van der Waals surface area contributed by atoms with E-state index in [0.717, 1.165) is 44.1 Å². The fourth-order valence-electron chi connectivity index (χ4n) is 2.05. The Balaban J connectivity index is 2.66. The molecule has 84 valence electrons. The predicted octanol–water partition coefficient (Wildman–Crippen LogP) is 3.06. The van der Waals surface area contributed by atoms with Crippen LogP contribution in [0.25, 0.3) is 0 Å². The average molecular weight is 208 g/mol. The first-order valence-electron chi connectivity index (χ1n) is 5.98. The molecule has 0 radical (unpaired) electrons. The van der Waals surface area contributed by atoms with E-state index >= 15 is 0 Å². The number of Topliss-reactive ketones (excluding diaryl/α,β-unsaturated/α-hetero) is 2. The minimum Gasteiger partial charge on any atom is -0.290 e. The number of carbonyl (C=O) groups is 2. The van der Waals surface area contributed by atoms with Crippen molar-refractivity contribution in [3.05, 3.63) is 11.6 Å². The molecule has 0 spiro atoms. The van der Waals surface area contributed by atoms with E-state index in [0.29, 0.717) is 0 Å². The average Bonchev–Trinajstić information content (AvgIpc) is 2.30. The van der Waals surface area contributed by atoms with E-state index in [4.69, 9.17) is 0 Å². The van der Waals surface area contributed by atoms with E-state index in [1.165, 1.54) is 0 Å². The number of hydrogen-bond acceptors (Lipinski definition) is 2. The van der Waals surface area contributed by atoms with Crippen LogP contribution in [-0.2, 0) is 9.59 Å². The van der Waals surface area contributed by atoms with Crippen LogP contribution in [0.1, 0.15) is 52.4 Å². The molecule has 0 aromatic carbocycles. The highest BCUT2D eigenvalue weighted by Crippen LogP contribution is 2.20. The van der Waals surface area contributed by atoms with Crippen LogP contribution in [-0.4, -0.2) is 11.6 Å². The van der Waals surface area contributed by atoms with E-state index in [-0.39, 0.29) is 17.5 Å². The highest BCUT2D eigenvalue weighted by atomic mass is 16.2. The number of allylic oxidation sites excluding steroid dienone is 2. The molecule has 1 rings (SSSR count). The van der Waals surface area contributed by atoms with Gasteiger partial charge in [0.05, 0.1) is 0 Å². The van der Waals surface area contributed by atoms with Gasteiger partial charge in [-0.15, -0.1) is 0 Å². The smallest absolute Gasteiger partial charge is 0.224 e. The number of rotatable bonds is 5. The minimum absolute atomic E-state index is 0.0691. The summed E-state index contributed by atoms with van der Waals surface area (Å²) in [6.45, 7) is 3.93. The third-order valence-corrected chi connectivity index (χ3v) is 3.16. The van der Waals surface area contributed by atoms with Gasteiger partial charge in [-0.2, -0.15) is 0 Å². The first-order chi connectivity index (χ1) is 7.20. The fraction of sp³-hybridized carbons (Fsp3) is 0.692. The van der Waals surface area contributed by atoms with Crippen LogP contribution in [0.2, 0.25) is 0 Å². The Hall–Kier alpha value is -0.920. The van der Waals surface area contributed by atoms with Gasteiger partial charge in [0.25, 0.3) is 0 Å². The molecule has 0 bridgehead atoms. The molecular formula is C13H20O2. The summed E-state index contributed by atoms with van der Waals surface area (Å²) < 4.78 is 0. The number of carbonyl (C=O) groups excluding carboxylic acids is 2. The van der Waals surface area contributed by atoms with Gasteiger partial charge < -0.3 is 0 Å². The Morgan fingerprint density at radius 3 is 2.40 bits per heavy atom. The van der Waals surface area contributed by atoms with Gasteiger partial charge in [-0.05, 0) is 44.1 Å². The van der Waals surface area contributed by atoms with Gasteiger partial charge in [0.15, 0.2) is 0 Å². The van der Waals surface area contributed by atoms with Crippen LogP contribution in [0.5, 0.6) is 0 Å². The van der Waals surface area contributed by atoms with Crippen LogP contribution in [0, 0.1) is 5.92 Å². The second-order valence-corrected chi connectivity index (χ2v) is 4.18. The van der Waals surface area contributed by atoms with Crippen LogP contribution in [0.3, 0.4) is 0 Å². The molecule has 0 saturated carbocycles. The molecule has 0 N–H and O–H groups in total. The SMILES string of the molecule is CCC(CC)C(=O)C(=O)C1=CCCCC1. The van der Waals surface area contributed by atoms with Gasteiger partial charge in [0.1, 0.15) is 0 Å². The standard InChI is InChI=1S/C13H20O2/c1-3-10(4-2)12(14)13(15)11-8-6-5-7-9-11/h8,10H,3-7,9H2,1-2H3. The maximum absolute atomic E-state index is 11.8. The second kappa shape index (κ2) is 5.84. The molecule has 0 unspecified atom stereocenters. The van der Waals surface area contributed by atoms with Gasteiger partial charge in [-0.1, -0.05) is 19.9 Å². The van der Waals surface area contributed by atoms with Crippen LogP contribution in [0.4, 0.5) is 0 Å². The van der Waals surface area contributed by atoms with Crippen molar-refractivity contribution < 1.29 is 9.59 Å². The fourth-order valence-corrected chi connectivity index (χ4v) is 2.05. The Morgan fingerprint density at radius 2 is 1.93 bits per heavy atom. The number of ketones is 2. The van der Waals surface area contributed by atoms with Gasteiger partial charge in [-0.25, -0.2) is 0 Å². The Labute approximate surface area is 91.7 Å². The van der Waals surface area contributed by atoms with E-state index in [1.807, 2.05) is 19.9 Å². The maximum atomic E-state index is 11.8. The molecule has 15 heavy (non-hydrogen) atoms. The molecule has 0 aliphatic heterocycles. The zero-order valence-corrected chi connectivity index (χ0v) is 9.71. The van der Waals surface area contributed by atoms with E-state index in [2.05, 4.69) is 0 Å². The predicted molar refractivity (Wildman–Crippen MR) is 60.6 cm³/mol. The Bertz CT molecular complexity index is 272. The molecule has 0 aromatic rings. The normalized spacial score (nSPS) is 16.3. The largest absolute Gasteiger partial charge is 0.290 e. The molecule has 0 saturated heterocycles. The molecule has 0 aromatic heterocycles. The summed E-state index contributed by atoms with van der Waals surface area (Å²) in [5.74, 6) is -0.461. The van der Waals surface area contributed by atoms with Crippen molar-refractivity contribution in [2.75, 3.05) is 0 Å². The first kappa shape index (κ1) is 12.2. The van der Waals surface area contributed by atoms with Gasteiger partial charge in [0.2, 0.25) is 11.6 Å². The summed E-state index contributed by atoms with van der Waals surface area (Å²) in [5.41, 5.74) is 0.762. The zero-order valence-electron chi connectivity index (χ0n) is 9.71. The van der Waals surface area contributed by atoms with Crippen LogP contribution < -0.4 is 0 Å². The topological polar surface area (TPSA) is 34.1 Å². The van der Waals surface area contributed by atoms with Crippen molar-refractivity contribution in [3.8, 4) is 0 Å². The highest BCUT2D eigenvalue weighted by Gasteiger charge is 2.25. The van der Waals surface area contributed by atoms with E-state index in [9.17, 15) is 9.59 Å². The molecule has 2 heteroatoms. The lowest BCUT2D eigenvalue weighted by atomic mass is 9.88. The monoisotopic (exact) mass is 208 g/mol. The summed E-state index contributed by atoms with van der Waals surface area (Å²) in [5, 5.41) is 0.